The molecule has 2 unspecified atom stereocenters. The molecule has 0 spiro atoms. The van der Waals surface area contributed by atoms with Crippen molar-refractivity contribution in [3.05, 3.63) is 59.7 Å². The van der Waals surface area contributed by atoms with Gasteiger partial charge in [0.25, 0.3) is 11.8 Å². The quantitative estimate of drug-likeness (QED) is 0.729. The highest BCUT2D eigenvalue weighted by molar-refractivity contribution is 6.04. The monoisotopic (exact) mass is 368 g/mol. The van der Waals surface area contributed by atoms with E-state index in [9.17, 15) is 9.59 Å². The van der Waals surface area contributed by atoms with Gasteiger partial charge in [-0.3, -0.25) is 9.59 Å². The minimum absolute atomic E-state index is 0.0639. The predicted molar refractivity (Wildman–Crippen MR) is 108 cm³/mol. The lowest BCUT2D eigenvalue weighted by molar-refractivity contribution is -0.122. The molecule has 0 fully saturated rings. The number of carbonyl (C=O) groups excluding carboxylic acids is 2. The zero-order valence-corrected chi connectivity index (χ0v) is 16.4. The maximum absolute atomic E-state index is 12.7. The van der Waals surface area contributed by atoms with Crippen LogP contribution in [0.1, 0.15) is 49.5 Å². The summed E-state index contributed by atoms with van der Waals surface area (Å²) in [7, 11) is 0. The number of hydrogen-bond acceptors (Lipinski definition) is 3. The molecule has 0 aromatic heterocycles. The van der Waals surface area contributed by atoms with Crippen LogP contribution in [0.3, 0.4) is 0 Å². The fraction of sp³-hybridized carbons (Fsp3) is 0.364. The molecule has 5 nitrogen and oxygen atoms in total. The van der Waals surface area contributed by atoms with E-state index in [0.717, 1.165) is 12.0 Å². The van der Waals surface area contributed by atoms with Crippen molar-refractivity contribution in [3.8, 4) is 5.75 Å². The molecule has 2 aromatic rings. The summed E-state index contributed by atoms with van der Waals surface area (Å²) >= 11 is 0. The molecule has 0 radical (unpaired) electrons. The summed E-state index contributed by atoms with van der Waals surface area (Å²) in [6, 6.07) is 14.7. The Labute approximate surface area is 161 Å². The van der Waals surface area contributed by atoms with Gasteiger partial charge in [0.05, 0.1) is 11.3 Å². The second-order valence-corrected chi connectivity index (χ2v) is 6.60. The van der Waals surface area contributed by atoms with E-state index in [2.05, 4.69) is 10.6 Å². The molecular formula is C22H28N2O3. The normalized spacial score (nSPS) is 12.7. The van der Waals surface area contributed by atoms with Crippen LogP contribution in [-0.4, -0.2) is 24.0 Å². The molecular weight excluding hydrogens is 340 g/mol. The number of ether oxygens (including phenoxy) is 1. The van der Waals surface area contributed by atoms with Gasteiger partial charge < -0.3 is 15.4 Å². The third-order valence-corrected chi connectivity index (χ3v) is 4.45. The zero-order chi connectivity index (χ0) is 19.8. The van der Waals surface area contributed by atoms with E-state index in [0.29, 0.717) is 23.4 Å². The van der Waals surface area contributed by atoms with Crippen LogP contribution in [-0.2, 0) is 4.79 Å². The van der Waals surface area contributed by atoms with Gasteiger partial charge in [-0.05, 0) is 50.5 Å². The van der Waals surface area contributed by atoms with E-state index in [1.165, 1.54) is 0 Å². The van der Waals surface area contributed by atoms with Gasteiger partial charge in [-0.2, -0.15) is 0 Å². The molecule has 0 bridgehead atoms. The Morgan fingerprint density at radius 1 is 1.00 bits per heavy atom. The molecule has 2 rings (SSSR count). The van der Waals surface area contributed by atoms with Crippen molar-refractivity contribution in [1.82, 2.24) is 5.32 Å². The van der Waals surface area contributed by atoms with Crippen LogP contribution in [0, 0.1) is 6.92 Å². The highest BCUT2D eigenvalue weighted by Crippen LogP contribution is 2.21. The van der Waals surface area contributed by atoms with E-state index >= 15 is 0 Å². The van der Waals surface area contributed by atoms with Crippen LogP contribution < -0.4 is 15.4 Å². The Kier molecular flexibility index (Phi) is 7.41. The van der Waals surface area contributed by atoms with E-state index in [4.69, 9.17) is 4.74 Å². The van der Waals surface area contributed by atoms with Crippen molar-refractivity contribution in [1.29, 1.82) is 0 Å². The van der Waals surface area contributed by atoms with Crippen LogP contribution in [0.5, 0.6) is 5.75 Å². The number of carbonyl (C=O) groups is 2. The van der Waals surface area contributed by atoms with Gasteiger partial charge in [-0.15, -0.1) is 0 Å². The van der Waals surface area contributed by atoms with E-state index in [1.807, 2.05) is 52.0 Å². The second-order valence-electron chi connectivity index (χ2n) is 6.60. The lowest BCUT2D eigenvalue weighted by Gasteiger charge is -2.20. The average molecular weight is 368 g/mol. The summed E-state index contributed by atoms with van der Waals surface area (Å²) < 4.78 is 5.90. The lowest BCUT2D eigenvalue weighted by Crippen LogP contribution is -2.35. The number of rotatable bonds is 8. The highest BCUT2D eigenvalue weighted by atomic mass is 16.5. The standard InChI is InChI=1S/C22H28N2O3/c1-5-16(4)23-21(25)17-12-8-9-13-18(17)24-22(26)19(6-2)27-20-14-10-7-11-15(20)3/h7-14,16,19H,5-6H2,1-4H3,(H,23,25)(H,24,26). The van der Waals surface area contributed by atoms with Gasteiger partial charge in [0.15, 0.2) is 6.10 Å². The van der Waals surface area contributed by atoms with Crippen molar-refractivity contribution < 1.29 is 14.3 Å². The Morgan fingerprint density at radius 2 is 1.67 bits per heavy atom. The van der Waals surface area contributed by atoms with Gasteiger partial charge in [0.2, 0.25) is 0 Å². The van der Waals surface area contributed by atoms with Crippen molar-refractivity contribution in [2.45, 2.75) is 52.7 Å². The van der Waals surface area contributed by atoms with E-state index in [-0.39, 0.29) is 17.9 Å². The molecule has 144 valence electrons. The maximum atomic E-state index is 12.7. The van der Waals surface area contributed by atoms with Gasteiger partial charge in [-0.25, -0.2) is 0 Å². The molecule has 0 saturated carbocycles. The summed E-state index contributed by atoms with van der Waals surface area (Å²) in [5, 5.41) is 5.78. The SMILES string of the molecule is CCC(C)NC(=O)c1ccccc1NC(=O)C(CC)Oc1ccccc1C. The summed E-state index contributed by atoms with van der Waals surface area (Å²) in [6.07, 6.45) is 0.709. The number of nitrogens with one attached hydrogen (secondary N) is 2. The molecule has 27 heavy (non-hydrogen) atoms. The number of hydrogen-bond donors (Lipinski definition) is 2. The molecule has 5 heteroatoms. The highest BCUT2D eigenvalue weighted by Gasteiger charge is 2.21. The summed E-state index contributed by atoms with van der Waals surface area (Å²) in [5.74, 6) is 0.208. The fourth-order valence-electron chi connectivity index (χ4n) is 2.57. The number of aryl methyl sites for hydroxylation is 1. The average Bonchev–Trinajstić information content (AvgIpc) is 2.67. The van der Waals surface area contributed by atoms with Crippen LogP contribution in [0.4, 0.5) is 5.69 Å². The minimum atomic E-state index is -0.642. The molecule has 2 aromatic carbocycles. The molecule has 2 amide bonds. The Balaban J connectivity index is 2.14. The van der Waals surface area contributed by atoms with E-state index < -0.39 is 6.10 Å². The number of benzene rings is 2. The molecule has 0 heterocycles. The van der Waals surface area contributed by atoms with Crippen LogP contribution in [0.2, 0.25) is 0 Å². The first-order valence-corrected chi connectivity index (χ1v) is 9.39. The number of para-hydroxylation sites is 2. The van der Waals surface area contributed by atoms with Crippen molar-refractivity contribution in [2.75, 3.05) is 5.32 Å². The van der Waals surface area contributed by atoms with Crippen LogP contribution >= 0.6 is 0 Å². The Morgan fingerprint density at radius 3 is 2.33 bits per heavy atom. The van der Waals surface area contributed by atoms with Gasteiger partial charge in [0, 0.05) is 6.04 Å². The zero-order valence-electron chi connectivity index (χ0n) is 16.4. The largest absolute Gasteiger partial charge is 0.480 e. The van der Waals surface area contributed by atoms with E-state index in [1.54, 1.807) is 24.3 Å². The molecule has 2 atom stereocenters. The molecule has 0 saturated heterocycles. The Hall–Kier alpha value is -2.82. The first-order valence-electron chi connectivity index (χ1n) is 9.39. The lowest BCUT2D eigenvalue weighted by atomic mass is 10.1. The smallest absolute Gasteiger partial charge is 0.265 e. The van der Waals surface area contributed by atoms with Crippen LogP contribution in [0.25, 0.3) is 0 Å². The fourth-order valence-corrected chi connectivity index (χ4v) is 2.57. The van der Waals surface area contributed by atoms with Crippen LogP contribution in [0.15, 0.2) is 48.5 Å². The second kappa shape index (κ2) is 9.76. The summed E-state index contributed by atoms with van der Waals surface area (Å²) in [4.78, 5) is 25.2. The first kappa shape index (κ1) is 20.5. The summed E-state index contributed by atoms with van der Waals surface area (Å²) in [6.45, 7) is 7.79. The first-order chi connectivity index (χ1) is 13.0. The molecule has 2 N–H and O–H groups in total. The van der Waals surface area contributed by atoms with Gasteiger partial charge in [0.1, 0.15) is 5.75 Å². The van der Waals surface area contributed by atoms with Crippen molar-refractivity contribution in [3.63, 3.8) is 0 Å². The third-order valence-electron chi connectivity index (χ3n) is 4.45. The molecule has 0 aliphatic heterocycles. The number of anilines is 1. The van der Waals surface area contributed by atoms with Gasteiger partial charge >= 0.3 is 0 Å². The van der Waals surface area contributed by atoms with Crippen molar-refractivity contribution >= 4 is 17.5 Å². The minimum Gasteiger partial charge on any atom is -0.480 e. The summed E-state index contributed by atoms with van der Waals surface area (Å²) in [5.41, 5.74) is 1.89. The molecule has 0 aliphatic carbocycles. The maximum Gasteiger partial charge on any atom is 0.265 e. The van der Waals surface area contributed by atoms with Crippen molar-refractivity contribution in [2.24, 2.45) is 0 Å². The molecule has 0 aliphatic rings. The predicted octanol–water partition coefficient (Wildman–Crippen LogP) is 4.32. The van der Waals surface area contributed by atoms with Gasteiger partial charge in [-0.1, -0.05) is 44.2 Å². The topological polar surface area (TPSA) is 67.4 Å². The third kappa shape index (κ3) is 5.58. The number of amides is 2. The Bertz CT molecular complexity index is 789.